The summed E-state index contributed by atoms with van der Waals surface area (Å²) in [4.78, 5) is 0. The molecule has 1 aliphatic rings. The highest BCUT2D eigenvalue weighted by atomic mass is 16.5. The van der Waals surface area contributed by atoms with Gasteiger partial charge < -0.3 is 10.1 Å². The summed E-state index contributed by atoms with van der Waals surface area (Å²) in [7, 11) is 0. The van der Waals surface area contributed by atoms with Crippen molar-refractivity contribution in [2.75, 3.05) is 13.1 Å². The van der Waals surface area contributed by atoms with Gasteiger partial charge in [0, 0.05) is 0 Å². The first kappa shape index (κ1) is 12.2. The van der Waals surface area contributed by atoms with E-state index >= 15 is 0 Å². The van der Waals surface area contributed by atoms with Crippen LogP contribution in [0.5, 0.6) is 5.75 Å². The molecule has 1 aromatic heterocycles. The third-order valence-electron chi connectivity index (χ3n) is 3.51. The van der Waals surface area contributed by atoms with Gasteiger partial charge in [-0.3, -0.25) is 4.68 Å². The molecule has 1 fully saturated rings. The maximum Gasteiger partial charge on any atom is 0.157 e. The third kappa shape index (κ3) is 3.15. The molecule has 100 valence electrons. The Hall–Kier alpha value is -1.81. The molecule has 0 unspecified atom stereocenters. The lowest BCUT2D eigenvalue weighted by Crippen LogP contribution is -2.29. The number of nitrogens with one attached hydrogen (secondary N) is 1. The van der Waals surface area contributed by atoms with Gasteiger partial charge in [-0.2, -0.15) is 5.10 Å². The van der Waals surface area contributed by atoms with Crippen LogP contribution < -0.4 is 10.1 Å². The minimum Gasteiger partial charge on any atom is -0.486 e. The summed E-state index contributed by atoms with van der Waals surface area (Å²) < 4.78 is 7.81. The Morgan fingerprint density at radius 3 is 2.79 bits per heavy atom. The van der Waals surface area contributed by atoms with Gasteiger partial charge in [-0.05, 0) is 31.5 Å². The molecule has 1 aliphatic heterocycles. The van der Waals surface area contributed by atoms with E-state index in [4.69, 9.17) is 4.74 Å². The van der Waals surface area contributed by atoms with Crippen molar-refractivity contribution < 1.29 is 4.74 Å². The molecule has 1 saturated heterocycles. The van der Waals surface area contributed by atoms with E-state index in [9.17, 15) is 0 Å². The van der Waals surface area contributed by atoms with Crippen molar-refractivity contribution >= 4 is 0 Å². The molecule has 1 aromatic carbocycles. The fraction of sp³-hybridized carbons (Fsp3) is 0.400. The highest BCUT2D eigenvalue weighted by Crippen LogP contribution is 2.20. The number of nitrogens with zero attached hydrogens (tertiary/aromatic N) is 2. The molecular weight excluding hydrogens is 238 g/mol. The Balaban J connectivity index is 1.58. The van der Waals surface area contributed by atoms with Crippen molar-refractivity contribution in [1.29, 1.82) is 0 Å². The summed E-state index contributed by atoms with van der Waals surface area (Å²) in [5.41, 5.74) is 1.18. The Bertz CT molecular complexity index is 503. The van der Waals surface area contributed by atoms with Gasteiger partial charge in [0.15, 0.2) is 5.75 Å². The van der Waals surface area contributed by atoms with E-state index < -0.39 is 0 Å². The monoisotopic (exact) mass is 257 g/mol. The molecule has 19 heavy (non-hydrogen) atoms. The minimum atomic E-state index is 0.510. The number of hydrogen-bond donors (Lipinski definition) is 1. The van der Waals surface area contributed by atoms with Crippen LogP contribution in [0.2, 0.25) is 0 Å². The van der Waals surface area contributed by atoms with Crippen LogP contribution in [0.3, 0.4) is 0 Å². The summed E-state index contributed by atoms with van der Waals surface area (Å²) in [5, 5.41) is 7.78. The molecule has 4 heteroatoms. The molecule has 0 radical (unpaired) electrons. The second-order valence-corrected chi connectivity index (χ2v) is 4.91. The molecular formula is C15H19N3O. The van der Waals surface area contributed by atoms with Crippen molar-refractivity contribution in [1.82, 2.24) is 15.1 Å². The predicted molar refractivity (Wildman–Crippen MR) is 74.1 cm³/mol. The fourth-order valence-electron chi connectivity index (χ4n) is 2.41. The smallest absolute Gasteiger partial charge is 0.157 e. The largest absolute Gasteiger partial charge is 0.486 e. The number of benzene rings is 1. The van der Waals surface area contributed by atoms with Gasteiger partial charge in [0.1, 0.15) is 6.61 Å². The van der Waals surface area contributed by atoms with Crippen LogP contribution in [0.1, 0.15) is 24.4 Å². The third-order valence-corrected chi connectivity index (χ3v) is 3.51. The maximum atomic E-state index is 5.76. The Kier molecular flexibility index (Phi) is 3.79. The SMILES string of the molecule is c1ccc(COc2cnn(C3CCNCC3)c2)cc1. The first-order chi connectivity index (χ1) is 9.42. The summed E-state index contributed by atoms with van der Waals surface area (Å²) in [5.74, 6) is 0.849. The molecule has 0 spiro atoms. The number of piperidine rings is 1. The van der Waals surface area contributed by atoms with E-state index in [-0.39, 0.29) is 0 Å². The lowest BCUT2D eigenvalue weighted by Gasteiger charge is -2.22. The van der Waals surface area contributed by atoms with Crippen LogP contribution in [0, 0.1) is 0 Å². The first-order valence-electron chi connectivity index (χ1n) is 6.83. The standard InChI is InChI=1S/C15H19N3O/c1-2-4-13(5-3-1)12-19-15-10-17-18(11-15)14-6-8-16-9-7-14/h1-5,10-11,14,16H,6-9,12H2. The fourth-order valence-corrected chi connectivity index (χ4v) is 2.41. The van der Waals surface area contributed by atoms with Crippen LogP contribution in [-0.2, 0) is 6.61 Å². The van der Waals surface area contributed by atoms with Gasteiger partial charge >= 0.3 is 0 Å². The average Bonchev–Trinajstić information content (AvgIpc) is 2.96. The van der Waals surface area contributed by atoms with Crippen LogP contribution in [0.15, 0.2) is 42.7 Å². The zero-order chi connectivity index (χ0) is 12.9. The van der Waals surface area contributed by atoms with Crippen LogP contribution >= 0.6 is 0 Å². The van der Waals surface area contributed by atoms with Crippen LogP contribution in [0.25, 0.3) is 0 Å². The predicted octanol–water partition coefficient (Wildman–Crippen LogP) is 2.39. The highest BCUT2D eigenvalue weighted by molar-refractivity contribution is 5.17. The second-order valence-electron chi connectivity index (χ2n) is 4.91. The molecule has 2 aromatic rings. The van der Waals surface area contributed by atoms with Gasteiger partial charge in [0.25, 0.3) is 0 Å². The van der Waals surface area contributed by atoms with Gasteiger partial charge in [0.05, 0.1) is 18.4 Å². The normalized spacial score (nSPS) is 16.4. The maximum absolute atomic E-state index is 5.76. The number of rotatable bonds is 4. The lowest BCUT2D eigenvalue weighted by molar-refractivity contribution is 0.302. The minimum absolute atomic E-state index is 0.510. The molecule has 1 N–H and O–H groups in total. The van der Waals surface area contributed by atoms with Crippen molar-refractivity contribution in [2.24, 2.45) is 0 Å². The van der Waals surface area contributed by atoms with Crippen molar-refractivity contribution in [3.05, 3.63) is 48.3 Å². The summed E-state index contributed by atoms with van der Waals surface area (Å²) >= 11 is 0. The van der Waals surface area contributed by atoms with Gasteiger partial charge in [-0.25, -0.2) is 0 Å². The molecule has 0 saturated carbocycles. The Morgan fingerprint density at radius 1 is 1.21 bits per heavy atom. The molecule has 4 nitrogen and oxygen atoms in total. The molecule has 0 bridgehead atoms. The van der Waals surface area contributed by atoms with E-state index in [2.05, 4.69) is 22.5 Å². The van der Waals surface area contributed by atoms with Gasteiger partial charge in [-0.1, -0.05) is 30.3 Å². The molecule has 0 amide bonds. The van der Waals surface area contributed by atoms with Gasteiger partial charge in [0.2, 0.25) is 0 Å². The number of hydrogen-bond acceptors (Lipinski definition) is 3. The quantitative estimate of drug-likeness (QED) is 0.914. The summed E-state index contributed by atoms with van der Waals surface area (Å²) in [6.07, 6.45) is 6.10. The van der Waals surface area contributed by atoms with E-state index in [1.54, 1.807) is 0 Å². The zero-order valence-corrected chi connectivity index (χ0v) is 11.0. The van der Waals surface area contributed by atoms with Crippen LogP contribution in [0.4, 0.5) is 0 Å². The summed E-state index contributed by atoms with van der Waals surface area (Å²) in [6.45, 7) is 2.74. The van der Waals surface area contributed by atoms with Crippen molar-refractivity contribution in [2.45, 2.75) is 25.5 Å². The van der Waals surface area contributed by atoms with Crippen LogP contribution in [-0.4, -0.2) is 22.9 Å². The number of ether oxygens (including phenoxy) is 1. The second kappa shape index (κ2) is 5.89. The molecule has 0 aliphatic carbocycles. The summed E-state index contributed by atoms with van der Waals surface area (Å²) in [6, 6.07) is 10.7. The van der Waals surface area contributed by atoms with Crippen molar-refractivity contribution in [3.63, 3.8) is 0 Å². The lowest BCUT2D eigenvalue weighted by atomic mass is 10.1. The van der Waals surface area contributed by atoms with Gasteiger partial charge in [-0.15, -0.1) is 0 Å². The highest BCUT2D eigenvalue weighted by Gasteiger charge is 2.15. The Morgan fingerprint density at radius 2 is 2.00 bits per heavy atom. The average molecular weight is 257 g/mol. The number of aromatic nitrogens is 2. The van der Waals surface area contributed by atoms with E-state index in [0.717, 1.165) is 31.7 Å². The topological polar surface area (TPSA) is 39.1 Å². The first-order valence-corrected chi connectivity index (χ1v) is 6.83. The molecule has 0 atom stereocenters. The van der Waals surface area contributed by atoms with Crippen molar-refractivity contribution in [3.8, 4) is 5.75 Å². The van der Waals surface area contributed by atoms with E-state index in [1.807, 2.05) is 35.3 Å². The molecule has 2 heterocycles. The Labute approximate surface area is 113 Å². The zero-order valence-electron chi connectivity index (χ0n) is 11.0. The van der Waals surface area contributed by atoms with E-state index in [0.29, 0.717) is 12.6 Å². The van der Waals surface area contributed by atoms with E-state index in [1.165, 1.54) is 5.56 Å². The molecule has 3 rings (SSSR count).